The summed E-state index contributed by atoms with van der Waals surface area (Å²) in [4.78, 5) is 13.3. The van der Waals surface area contributed by atoms with Gasteiger partial charge in [0.2, 0.25) is 0 Å². The summed E-state index contributed by atoms with van der Waals surface area (Å²) in [5, 5.41) is 0. The summed E-state index contributed by atoms with van der Waals surface area (Å²) in [5.41, 5.74) is 0.444. The van der Waals surface area contributed by atoms with Crippen LogP contribution in [0.4, 0.5) is 0 Å². The third-order valence-electron chi connectivity index (χ3n) is 0.612. The first-order valence-corrected chi connectivity index (χ1v) is 2.08. The van der Waals surface area contributed by atoms with Crippen LogP contribution in [0, 0.1) is 0 Å². The standard InChI is InChI=1S/C6H7NO/c1-3-6(5-8)4-7-2/h3-5H,1-2H2/b6-4+. The minimum atomic E-state index is 0.444. The van der Waals surface area contributed by atoms with E-state index >= 15 is 0 Å². The Morgan fingerprint density at radius 1 is 1.62 bits per heavy atom. The minimum Gasteiger partial charge on any atom is -0.298 e. The molecule has 2 nitrogen and oxygen atoms in total. The van der Waals surface area contributed by atoms with Crippen LogP contribution < -0.4 is 0 Å². The molecule has 0 aliphatic rings. The van der Waals surface area contributed by atoms with Crippen LogP contribution in [0.15, 0.2) is 29.4 Å². The van der Waals surface area contributed by atoms with Gasteiger partial charge in [0.25, 0.3) is 0 Å². The van der Waals surface area contributed by atoms with E-state index in [1.165, 1.54) is 12.3 Å². The molecule has 0 amide bonds. The Bertz CT molecular complexity index is 125. The number of nitrogens with zero attached hydrogens (tertiary/aromatic N) is 1. The number of allylic oxidation sites excluding steroid dienone is 2. The molecule has 0 aromatic heterocycles. The van der Waals surface area contributed by atoms with Gasteiger partial charge < -0.3 is 0 Å². The molecule has 0 saturated carbocycles. The molecule has 0 atom stereocenters. The second-order valence-corrected chi connectivity index (χ2v) is 1.13. The van der Waals surface area contributed by atoms with Crippen molar-refractivity contribution < 1.29 is 4.79 Å². The average Bonchev–Trinajstić information content (AvgIpc) is 1.83. The minimum absolute atomic E-state index is 0.444. The molecule has 0 bridgehead atoms. The number of rotatable bonds is 3. The second kappa shape index (κ2) is 3.99. The molecular formula is C6H7NO. The van der Waals surface area contributed by atoms with Crippen molar-refractivity contribution in [1.82, 2.24) is 0 Å². The van der Waals surface area contributed by atoms with Crippen molar-refractivity contribution in [2.75, 3.05) is 0 Å². The molecule has 2 heteroatoms. The van der Waals surface area contributed by atoms with E-state index in [1.54, 1.807) is 0 Å². The molecule has 42 valence electrons. The molecule has 8 heavy (non-hydrogen) atoms. The van der Waals surface area contributed by atoms with Crippen molar-refractivity contribution in [2.24, 2.45) is 4.99 Å². The molecule has 0 unspecified atom stereocenters. The number of hydrogen-bond donors (Lipinski definition) is 0. The third kappa shape index (κ3) is 2.08. The van der Waals surface area contributed by atoms with Gasteiger partial charge in [-0.1, -0.05) is 12.7 Å². The van der Waals surface area contributed by atoms with Crippen LogP contribution in [0.1, 0.15) is 0 Å². The largest absolute Gasteiger partial charge is 0.298 e. The Kier molecular flexibility index (Phi) is 3.40. The maximum absolute atomic E-state index is 9.90. The summed E-state index contributed by atoms with van der Waals surface area (Å²) in [7, 11) is 0. The summed E-state index contributed by atoms with van der Waals surface area (Å²) >= 11 is 0. The fraction of sp³-hybridized carbons (Fsp3) is 0. The van der Waals surface area contributed by atoms with E-state index in [2.05, 4.69) is 18.3 Å². The number of aliphatic imine (C=N–C) groups is 1. The SMILES string of the molecule is C=C/C(C=O)=C\N=C. The van der Waals surface area contributed by atoms with Crippen molar-refractivity contribution in [2.45, 2.75) is 0 Å². The van der Waals surface area contributed by atoms with Crippen molar-refractivity contribution in [3.63, 3.8) is 0 Å². The van der Waals surface area contributed by atoms with Crippen LogP contribution in [-0.2, 0) is 4.79 Å². The number of carbonyl (C=O) groups is 1. The van der Waals surface area contributed by atoms with Gasteiger partial charge in [0.1, 0.15) is 0 Å². The third-order valence-corrected chi connectivity index (χ3v) is 0.612. The fourth-order valence-corrected chi connectivity index (χ4v) is 0.237. The summed E-state index contributed by atoms with van der Waals surface area (Å²) in [6.07, 6.45) is 3.43. The Labute approximate surface area is 48.2 Å². The Morgan fingerprint density at radius 2 is 2.25 bits per heavy atom. The molecule has 0 aromatic carbocycles. The van der Waals surface area contributed by atoms with Crippen LogP contribution in [0.2, 0.25) is 0 Å². The highest BCUT2D eigenvalue weighted by atomic mass is 16.1. The Morgan fingerprint density at radius 3 is 2.38 bits per heavy atom. The van der Waals surface area contributed by atoms with Crippen LogP contribution in [0.3, 0.4) is 0 Å². The zero-order valence-corrected chi connectivity index (χ0v) is 4.50. The van der Waals surface area contributed by atoms with E-state index in [4.69, 9.17) is 0 Å². The second-order valence-electron chi connectivity index (χ2n) is 1.13. The molecule has 0 saturated heterocycles. The molecule has 0 aromatic rings. The van der Waals surface area contributed by atoms with E-state index in [0.29, 0.717) is 11.9 Å². The van der Waals surface area contributed by atoms with Crippen molar-refractivity contribution in [3.05, 3.63) is 24.4 Å². The summed E-state index contributed by atoms with van der Waals surface area (Å²) in [6.45, 7) is 6.53. The number of aldehydes is 1. The first-order chi connectivity index (χ1) is 3.85. The average molecular weight is 109 g/mol. The number of hydrogen-bond acceptors (Lipinski definition) is 2. The van der Waals surface area contributed by atoms with Crippen molar-refractivity contribution in [1.29, 1.82) is 0 Å². The highest BCUT2D eigenvalue weighted by molar-refractivity contribution is 5.77. The van der Waals surface area contributed by atoms with Gasteiger partial charge in [-0.05, 0) is 6.72 Å². The molecular weight excluding hydrogens is 102 g/mol. The van der Waals surface area contributed by atoms with Gasteiger partial charge in [0.15, 0.2) is 6.29 Å². The monoisotopic (exact) mass is 109 g/mol. The summed E-state index contributed by atoms with van der Waals surface area (Å²) < 4.78 is 0. The van der Waals surface area contributed by atoms with E-state index < -0.39 is 0 Å². The Hall–Kier alpha value is -1.18. The molecule has 0 N–H and O–H groups in total. The molecule has 0 spiro atoms. The lowest BCUT2D eigenvalue weighted by molar-refractivity contribution is -0.104. The van der Waals surface area contributed by atoms with Crippen LogP contribution >= 0.6 is 0 Å². The predicted octanol–water partition coefficient (Wildman–Crippen LogP) is 0.956. The van der Waals surface area contributed by atoms with Gasteiger partial charge in [-0.25, -0.2) is 0 Å². The van der Waals surface area contributed by atoms with E-state index in [1.807, 2.05) is 0 Å². The quantitative estimate of drug-likeness (QED) is 0.230. The first-order valence-electron chi connectivity index (χ1n) is 2.08. The van der Waals surface area contributed by atoms with Gasteiger partial charge in [-0.2, -0.15) is 0 Å². The van der Waals surface area contributed by atoms with E-state index in [9.17, 15) is 4.79 Å². The maximum Gasteiger partial charge on any atom is 0.151 e. The molecule has 0 rings (SSSR count). The lowest BCUT2D eigenvalue weighted by Gasteiger charge is -1.78. The van der Waals surface area contributed by atoms with Gasteiger partial charge in [-0.3, -0.25) is 9.79 Å². The van der Waals surface area contributed by atoms with Gasteiger partial charge in [-0.15, -0.1) is 0 Å². The Balaban J connectivity index is 4.05. The highest BCUT2D eigenvalue weighted by Crippen LogP contribution is 1.87. The smallest absolute Gasteiger partial charge is 0.151 e. The summed E-state index contributed by atoms with van der Waals surface area (Å²) in [6, 6.07) is 0. The molecule has 0 fully saturated rings. The lowest BCUT2D eigenvalue weighted by atomic mass is 10.3. The van der Waals surface area contributed by atoms with Gasteiger partial charge in [0.05, 0.1) is 0 Å². The van der Waals surface area contributed by atoms with Crippen molar-refractivity contribution >= 4 is 13.0 Å². The lowest BCUT2D eigenvalue weighted by Crippen LogP contribution is -1.73. The zero-order valence-electron chi connectivity index (χ0n) is 4.50. The maximum atomic E-state index is 9.90. The molecule has 0 radical (unpaired) electrons. The molecule has 0 aliphatic heterocycles. The highest BCUT2D eigenvalue weighted by Gasteiger charge is 1.80. The predicted molar refractivity (Wildman–Crippen MR) is 33.9 cm³/mol. The zero-order chi connectivity index (χ0) is 6.41. The fourth-order valence-electron chi connectivity index (χ4n) is 0.237. The molecule has 0 heterocycles. The van der Waals surface area contributed by atoms with Crippen LogP contribution in [-0.4, -0.2) is 13.0 Å². The molecule has 0 aliphatic carbocycles. The topological polar surface area (TPSA) is 29.4 Å². The normalized spacial score (nSPS) is 10.2. The first kappa shape index (κ1) is 6.82. The van der Waals surface area contributed by atoms with E-state index in [-0.39, 0.29) is 0 Å². The van der Waals surface area contributed by atoms with Crippen LogP contribution in [0.25, 0.3) is 0 Å². The van der Waals surface area contributed by atoms with Gasteiger partial charge >= 0.3 is 0 Å². The van der Waals surface area contributed by atoms with E-state index in [0.717, 1.165) is 0 Å². The number of carbonyl (C=O) groups excluding carboxylic acids is 1. The van der Waals surface area contributed by atoms with Crippen molar-refractivity contribution in [3.8, 4) is 0 Å². The van der Waals surface area contributed by atoms with Crippen LogP contribution in [0.5, 0.6) is 0 Å². The van der Waals surface area contributed by atoms with Gasteiger partial charge in [0, 0.05) is 11.8 Å². The summed E-state index contributed by atoms with van der Waals surface area (Å²) in [5.74, 6) is 0.